The van der Waals surface area contributed by atoms with Gasteiger partial charge in [0, 0.05) is 30.3 Å². The number of nitrogens with one attached hydrogen (secondary N) is 2. The van der Waals surface area contributed by atoms with Crippen LogP contribution in [0, 0.1) is 18.4 Å². The van der Waals surface area contributed by atoms with E-state index in [1.807, 2.05) is 55.6 Å². The average Bonchev–Trinajstić information content (AvgIpc) is 3.61. The van der Waals surface area contributed by atoms with E-state index in [9.17, 15) is 9.59 Å². The van der Waals surface area contributed by atoms with E-state index in [-0.39, 0.29) is 23.7 Å². The predicted molar refractivity (Wildman–Crippen MR) is 120 cm³/mol. The number of carbonyl (C=O) groups is 2. The van der Waals surface area contributed by atoms with Crippen LogP contribution in [0.3, 0.4) is 0 Å². The fourth-order valence-electron chi connectivity index (χ4n) is 3.88. The van der Waals surface area contributed by atoms with Crippen LogP contribution in [-0.2, 0) is 9.59 Å². The van der Waals surface area contributed by atoms with Gasteiger partial charge in [-0.15, -0.1) is 0 Å². The Balaban J connectivity index is 1.63. The Hall–Kier alpha value is -3.21. The van der Waals surface area contributed by atoms with E-state index in [0.29, 0.717) is 5.69 Å². The average molecular weight is 419 g/mol. The van der Waals surface area contributed by atoms with E-state index in [4.69, 9.17) is 12.3 Å². The number of benzene rings is 2. The van der Waals surface area contributed by atoms with Gasteiger partial charge in [0.1, 0.15) is 0 Å². The third-order valence-electron chi connectivity index (χ3n) is 5.97. The molecule has 1 aliphatic carbocycles. The zero-order valence-electron chi connectivity index (χ0n) is 17.6. The standard InChI is InChI=1S/C24H27N5O2/c1-26-22(25)16-9-7-15(8-10-16)21(28-23(30)17-11-12-17)19-5-3-4-6-20(19)27-24(31)18-13-29(2)14-18/h1,3-10,17-18,21-22H,11-14,25H2,2H3,(H-,27,28,30,31)/p+1/t21-,22?/m1/s1. The molecule has 0 aromatic heterocycles. The Morgan fingerprint density at radius 3 is 2.29 bits per heavy atom. The minimum atomic E-state index is -0.597. The number of nitrogens with two attached hydrogens (primary N) is 1. The van der Waals surface area contributed by atoms with Crippen molar-refractivity contribution >= 4 is 17.5 Å². The maximum atomic E-state index is 12.7. The van der Waals surface area contributed by atoms with Crippen molar-refractivity contribution in [2.75, 3.05) is 25.5 Å². The Labute approximate surface area is 182 Å². The molecule has 1 heterocycles. The van der Waals surface area contributed by atoms with Crippen LogP contribution in [0.25, 0.3) is 4.85 Å². The highest BCUT2D eigenvalue weighted by Crippen LogP contribution is 2.34. The van der Waals surface area contributed by atoms with Gasteiger partial charge in [-0.3, -0.25) is 15.3 Å². The maximum absolute atomic E-state index is 12.7. The van der Waals surface area contributed by atoms with E-state index in [2.05, 4.69) is 20.4 Å². The van der Waals surface area contributed by atoms with Gasteiger partial charge < -0.3 is 15.5 Å². The third-order valence-corrected chi connectivity index (χ3v) is 5.97. The van der Waals surface area contributed by atoms with Gasteiger partial charge in [-0.1, -0.05) is 35.2 Å². The summed E-state index contributed by atoms with van der Waals surface area (Å²) < 4.78 is 0. The minimum Gasteiger partial charge on any atom is -0.345 e. The van der Waals surface area contributed by atoms with Crippen LogP contribution in [0.5, 0.6) is 0 Å². The summed E-state index contributed by atoms with van der Waals surface area (Å²) in [6.07, 6.45) is 1.23. The van der Waals surface area contributed by atoms with Gasteiger partial charge in [-0.25, -0.2) is 0 Å². The molecule has 4 rings (SSSR count). The summed E-state index contributed by atoms with van der Waals surface area (Å²) in [7, 11) is 1.99. The van der Waals surface area contributed by atoms with Crippen molar-refractivity contribution in [3.8, 4) is 6.57 Å². The van der Waals surface area contributed by atoms with Crippen LogP contribution < -0.4 is 16.4 Å². The van der Waals surface area contributed by atoms with Crippen LogP contribution in [0.15, 0.2) is 48.5 Å². The first kappa shape index (κ1) is 21.0. The van der Waals surface area contributed by atoms with Crippen molar-refractivity contribution in [1.29, 1.82) is 0 Å². The second-order valence-corrected chi connectivity index (χ2v) is 8.47. The maximum Gasteiger partial charge on any atom is 0.349 e. The SMILES string of the molecule is C#[N+]C(N)c1ccc([C@@H](NC(=O)C2CC2)c2ccccc2NC(=O)C2CN(C)C2)cc1. The van der Waals surface area contributed by atoms with Crippen molar-refractivity contribution in [3.63, 3.8) is 0 Å². The molecule has 1 saturated heterocycles. The van der Waals surface area contributed by atoms with E-state index in [1.54, 1.807) is 0 Å². The fourth-order valence-corrected chi connectivity index (χ4v) is 3.88. The quantitative estimate of drug-likeness (QED) is 0.645. The number of amides is 2. The van der Waals surface area contributed by atoms with Gasteiger partial charge in [-0.2, -0.15) is 0 Å². The first-order valence-electron chi connectivity index (χ1n) is 10.6. The van der Waals surface area contributed by atoms with Gasteiger partial charge >= 0.3 is 6.17 Å². The van der Waals surface area contributed by atoms with E-state index in [0.717, 1.165) is 42.6 Å². The molecule has 4 N–H and O–H groups in total. The highest BCUT2D eigenvalue weighted by molar-refractivity contribution is 5.94. The number of hydrogen-bond acceptors (Lipinski definition) is 4. The number of rotatable bonds is 7. The summed E-state index contributed by atoms with van der Waals surface area (Å²) in [6, 6.07) is 14.8. The number of carbonyl (C=O) groups excluding carboxylic acids is 2. The molecule has 2 atom stereocenters. The molecule has 7 heteroatoms. The van der Waals surface area contributed by atoms with Crippen LogP contribution in [0.2, 0.25) is 0 Å². The lowest BCUT2D eigenvalue weighted by atomic mass is 9.94. The lowest BCUT2D eigenvalue weighted by Gasteiger charge is -2.35. The van der Waals surface area contributed by atoms with Gasteiger partial charge in [0.05, 0.1) is 17.5 Å². The molecule has 160 valence electrons. The molecule has 2 amide bonds. The largest absolute Gasteiger partial charge is 0.349 e. The van der Waals surface area contributed by atoms with Crippen molar-refractivity contribution in [2.45, 2.75) is 25.0 Å². The van der Waals surface area contributed by atoms with Crippen molar-refractivity contribution in [1.82, 2.24) is 10.2 Å². The van der Waals surface area contributed by atoms with Crippen LogP contribution in [-0.4, -0.2) is 36.9 Å². The van der Waals surface area contributed by atoms with Crippen LogP contribution in [0.4, 0.5) is 5.69 Å². The van der Waals surface area contributed by atoms with Crippen LogP contribution in [0.1, 0.15) is 41.7 Å². The molecule has 1 aliphatic heterocycles. The third kappa shape index (κ3) is 4.76. The number of likely N-dealkylation sites (tertiary alicyclic amines) is 1. The first-order valence-corrected chi connectivity index (χ1v) is 10.6. The Bertz CT molecular complexity index is 1000. The molecule has 2 aromatic carbocycles. The Morgan fingerprint density at radius 1 is 1.03 bits per heavy atom. The molecule has 1 saturated carbocycles. The number of anilines is 1. The summed E-state index contributed by atoms with van der Waals surface area (Å²) in [6.45, 7) is 6.82. The highest BCUT2D eigenvalue weighted by Gasteiger charge is 2.33. The molecule has 2 fully saturated rings. The summed E-state index contributed by atoms with van der Waals surface area (Å²) >= 11 is 0. The van der Waals surface area contributed by atoms with Crippen molar-refractivity contribution in [3.05, 3.63) is 70.1 Å². The Kier molecular flexibility index (Phi) is 6.03. The Morgan fingerprint density at radius 2 is 1.68 bits per heavy atom. The topological polar surface area (TPSA) is 91.8 Å². The molecule has 0 bridgehead atoms. The van der Waals surface area contributed by atoms with Gasteiger partial charge in [0.2, 0.25) is 11.8 Å². The molecule has 31 heavy (non-hydrogen) atoms. The van der Waals surface area contributed by atoms with Crippen molar-refractivity contribution < 1.29 is 9.59 Å². The molecule has 7 nitrogen and oxygen atoms in total. The monoisotopic (exact) mass is 418 g/mol. The predicted octanol–water partition coefficient (Wildman–Crippen LogP) is 2.72. The highest BCUT2D eigenvalue weighted by atomic mass is 16.2. The number of para-hydroxylation sites is 1. The second-order valence-electron chi connectivity index (χ2n) is 8.47. The van der Waals surface area contributed by atoms with Crippen LogP contribution >= 0.6 is 0 Å². The lowest BCUT2D eigenvalue weighted by Crippen LogP contribution is -2.49. The normalized spacial score (nSPS) is 18.4. The summed E-state index contributed by atoms with van der Waals surface area (Å²) in [5, 5.41) is 6.25. The first-order chi connectivity index (χ1) is 15.0. The molecular weight excluding hydrogens is 390 g/mol. The molecule has 0 radical (unpaired) electrons. The minimum absolute atomic E-state index is 0.00342. The second kappa shape index (κ2) is 8.88. The summed E-state index contributed by atoms with van der Waals surface area (Å²) in [5.74, 6) is 0.0880. The summed E-state index contributed by atoms with van der Waals surface area (Å²) in [5.41, 5.74) is 9.12. The summed E-state index contributed by atoms with van der Waals surface area (Å²) in [4.78, 5) is 31.1. The zero-order valence-corrected chi connectivity index (χ0v) is 17.6. The lowest BCUT2D eigenvalue weighted by molar-refractivity contribution is -0.124. The van der Waals surface area contributed by atoms with Crippen molar-refractivity contribution in [2.24, 2.45) is 17.6 Å². The fraction of sp³-hybridized carbons (Fsp3) is 0.375. The molecule has 0 spiro atoms. The number of hydrogen-bond donors (Lipinski definition) is 3. The van der Waals surface area contributed by atoms with Gasteiger partial charge in [0.25, 0.3) is 6.57 Å². The molecule has 2 aromatic rings. The van der Waals surface area contributed by atoms with E-state index in [1.165, 1.54) is 0 Å². The molecule has 2 aliphatic rings. The van der Waals surface area contributed by atoms with Gasteiger partial charge in [0.15, 0.2) is 0 Å². The number of nitrogens with zero attached hydrogens (tertiary/aromatic N) is 2. The van der Waals surface area contributed by atoms with Gasteiger partial charge in [-0.05, 0) is 43.7 Å². The van der Waals surface area contributed by atoms with E-state index < -0.39 is 12.2 Å². The smallest absolute Gasteiger partial charge is 0.345 e. The molecule has 1 unspecified atom stereocenters. The molecular formula is C24H28N5O2+. The zero-order chi connectivity index (χ0) is 22.0. The van der Waals surface area contributed by atoms with E-state index >= 15 is 0 Å².